The van der Waals surface area contributed by atoms with Crippen molar-refractivity contribution in [2.24, 2.45) is 0 Å². The number of hydrogen-bond acceptors (Lipinski definition) is 3. The van der Waals surface area contributed by atoms with E-state index < -0.39 is 0 Å². The summed E-state index contributed by atoms with van der Waals surface area (Å²) in [5.74, 6) is 0.694. The third-order valence-electron chi connectivity index (χ3n) is 3.77. The number of para-hydroxylation sites is 1. The van der Waals surface area contributed by atoms with Crippen LogP contribution in [0.4, 0.5) is 5.69 Å². The molecule has 21 heavy (non-hydrogen) atoms. The summed E-state index contributed by atoms with van der Waals surface area (Å²) in [4.78, 5) is 4.53. The largest absolute Gasteiger partial charge is 0.439 e. The van der Waals surface area contributed by atoms with Crippen LogP contribution in [0.2, 0.25) is 0 Å². The average Bonchev–Trinajstić information content (AvgIpc) is 3.00. The molecule has 104 valence electrons. The molecule has 0 fully saturated rings. The second kappa shape index (κ2) is 4.38. The third kappa shape index (κ3) is 1.96. The highest BCUT2D eigenvalue weighted by atomic mass is 16.3. The maximum atomic E-state index is 5.81. The van der Waals surface area contributed by atoms with Crippen molar-refractivity contribution in [3.63, 3.8) is 0 Å². The van der Waals surface area contributed by atoms with Crippen molar-refractivity contribution in [2.45, 2.75) is 13.5 Å². The van der Waals surface area contributed by atoms with Crippen molar-refractivity contribution in [2.75, 3.05) is 5.73 Å². The number of aryl methyl sites for hydroxylation is 1. The first kappa shape index (κ1) is 12.0. The van der Waals surface area contributed by atoms with E-state index in [2.05, 4.69) is 34.7 Å². The third-order valence-corrected chi connectivity index (χ3v) is 3.77. The van der Waals surface area contributed by atoms with E-state index in [-0.39, 0.29) is 0 Å². The number of hydrogen-bond donors (Lipinski definition) is 1. The van der Waals surface area contributed by atoms with Crippen LogP contribution < -0.4 is 5.73 Å². The zero-order valence-electron chi connectivity index (χ0n) is 11.7. The van der Waals surface area contributed by atoms with Gasteiger partial charge in [-0.05, 0) is 36.6 Å². The van der Waals surface area contributed by atoms with Crippen molar-refractivity contribution in [3.05, 3.63) is 60.1 Å². The van der Waals surface area contributed by atoms with E-state index in [0.717, 1.165) is 11.1 Å². The Labute approximate surface area is 121 Å². The van der Waals surface area contributed by atoms with Gasteiger partial charge in [0.1, 0.15) is 5.52 Å². The molecular formula is C17H15N3O. The second-order valence-electron chi connectivity index (χ2n) is 5.27. The van der Waals surface area contributed by atoms with Crippen LogP contribution in [-0.2, 0) is 6.54 Å². The summed E-state index contributed by atoms with van der Waals surface area (Å²) in [5.41, 5.74) is 10.4. The van der Waals surface area contributed by atoms with Crippen LogP contribution in [-0.4, -0.2) is 9.55 Å². The first-order chi connectivity index (χ1) is 10.2. The van der Waals surface area contributed by atoms with Crippen molar-refractivity contribution >= 4 is 27.7 Å². The molecule has 2 aromatic carbocycles. The Hall–Kier alpha value is -2.75. The smallest absolute Gasteiger partial charge is 0.215 e. The minimum Gasteiger partial charge on any atom is -0.439 e. The zero-order valence-corrected chi connectivity index (χ0v) is 11.7. The molecule has 2 N–H and O–H groups in total. The average molecular weight is 277 g/mol. The van der Waals surface area contributed by atoms with E-state index in [1.165, 1.54) is 16.6 Å². The minimum absolute atomic E-state index is 0.619. The summed E-state index contributed by atoms with van der Waals surface area (Å²) in [6.45, 7) is 2.72. The Morgan fingerprint density at radius 3 is 2.90 bits per heavy atom. The quantitative estimate of drug-likeness (QED) is 0.568. The topological polar surface area (TPSA) is 57.0 Å². The van der Waals surface area contributed by atoms with E-state index in [1.54, 1.807) is 0 Å². The molecule has 4 rings (SSSR count). The Bertz CT molecular complexity index is 949. The van der Waals surface area contributed by atoms with Crippen LogP contribution in [0.25, 0.3) is 22.0 Å². The molecule has 2 heterocycles. The Morgan fingerprint density at radius 1 is 1.14 bits per heavy atom. The van der Waals surface area contributed by atoms with Gasteiger partial charge < -0.3 is 14.7 Å². The number of nitrogen functional groups attached to an aromatic ring is 1. The van der Waals surface area contributed by atoms with Gasteiger partial charge in [-0.15, -0.1) is 0 Å². The fourth-order valence-corrected chi connectivity index (χ4v) is 2.75. The van der Waals surface area contributed by atoms with Crippen molar-refractivity contribution in [3.8, 4) is 0 Å². The van der Waals surface area contributed by atoms with Crippen LogP contribution in [0.5, 0.6) is 0 Å². The molecule has 0 atom stereocenters. The second-order valence-corrected chi connectivity index (χ2v) is 5.27. The summed E-state index contributed by atoms with van der Waals surface area (Å²) in [6, 6.07) is 16.0. The molecule has 0 aliphatic rings. The SMILES string of the molecule is Cc1cc2ccccc2n1Cc1nc2ccc(N)cc2o1. The van der Waals surface area contributed by atoms with Gasteiger partial charge in [-0.1, -0.05) is 18.2 Å². The molecular weight excluding hydrogens is 262 g/mol. The highest BCUT2D eigenvalue weighted by molar-refractivity contribution is 5.81. The number of nitrogens with two attached hydrogens (primary N) is 1. The summed E-state index contributed by atoms with van der Waals surface area (Å²) in [6.07, 6.45) is 0. The first-order valence-corrected chi connectivity index (χ1v) is 6.90. The van der Waals surface area contributed by atoms with Gasteiger partial charge in [0.25, 0.3) is 0 Å². The van der Waals surface area contributed by atoms with E-state index in [9.17, 15) is 0 Å². The molecule has 0 saturated heterocycles. The number of aromatic nitrogens is 2. The molecule has 0 bridgehead atoms. The molecule has 4 aromatic rings. The van der Waals surface area contributed by atoms with Gasteiger partial charge in [-0.25, -0.2) is 4.98 Å². The fourth-order valence-electron chi connectivity index (χ4n) is 2.75. The van der Waals surface area contributed by atoms with Gasteiger partial charge >= 0.3 is 0 Å². The Morgan fingerprint density at radius 2 is 2.00 bits per heavy atom. The highest BCUT2D eigenvalue weighted by Gasteiger charge is 2.10. The molecule has 0 spiro atoms. The van der Waals surface area contributed by atoms with E-state index in [0.29, 0.717) is 18.1 Å². The van der Waals surface area contributed by atoms with Gasteiger partial charge in [-0.3, -0.25) is 0 Å². The normalized spacial score (nSPS) is 11.5. The van der Waals surface area contributed by atoms with Gasteiger partial charge in [0, 0.05) is 23.0 Å². The molecule has 0 radical (unpaired) electrons. The molecule has 2 aromatic heterocycles. The Kier molecular flexibility index (Phi) is 2.51. The molecule has 0 unspecified atom stereocenters. The predicted molar refractivity (Wildman–Crippen MR) is 84.2 cm³/mol. The molecule has 0 amide bonds. The lowest BCUT2D eigenvalue weighted by molar-refractivity contribution is 0.511. The molecule has 4 heteroatoms. The van der Waals surface area contributed by atoms with Crippen LogP contribution in [0.3, 0.4) is 0 Å². The fraction of sp³-hybridized carbons (Fsp3) is 0.118. The number of oxazole rings is 1. The lowest BCUT2D eigenvalue weighted by atomic mass is 10.2. The van der Waals surface area contributed by atoms with Crippen molar-refractivity contribution in [1.82, 2.24) is 9.55 Å². The number of rotatable bonds is 2. The van der Waals surface area contributed by atoms with Crippen LogP contribution in [0, 0.1) is 6.92 Å². The summed E-state index contributed by atoms with van der Waals surface area (Å²) >= 11 is 0. The van der Waals surface area contributed by atoms with Crippen LogP contribution in [0.1, 0.15) is 11.6 Å². The molecule has 0 aliphatic heterocycles. The van der Waals surface area contributed by atoms with Gasteiger partial charge in [-0.2, -0.15) is 0 Å². The van der Waals surface area contributed by atoms with Gasteiger partial charge in [0.2, 0.25) is 5.89 Å². The summed E-state index contributed by atoms with van der Waals surface area (Å²) in [7, 11) is 0. The molecule has 0 aliphatic carbocycles. The minimum atomic E-state index is 0.619. The monoisotopic (exact) mass is 277 g/mol. The number of benzene rings is 2. The molecule has 0 saturated carbocycles. The van der Waals surface area contributed by atoms with Crippen LogP contribution in [0.15, 0.2) is 52.9 Å². The number of anilines is 1. The maximum Gasteiger partial charge on any atom is 0.215 e. The Balaban J connectivity index is 1.80. The van der Waals surface area contributed by atoms with Crippen molar-refractivity contribution < 1.29 is 4.42 Å². The summed E-state index contributed by atoms with van der Waals surface area (Å²) in [5, 5.41) is 1.23. The molecule has 4 nitrogen and oxygen atoms in total. The van der Waals surface area contributed by atoms with Gasteiger partial charge in [0.15, 0.2) is 5.58 Å². The predicted octanol–water partition coefficient (Wildman–Crippen LogP) is 3.72. The first-order valence-electron chi connectivity index (χ1n) is 6.90. The van der Waals surface area contributed by atoms with Gasteiger partial charge in [0.05, 0.1) is 6.54 Å². The highest BCUT2D eigenvalue weighted by Crippen LogP contribution is 2.23. The number of nitrogens with zero attached hydrogens (tertiary/aromatic N) is 2. The maximum absolute atomic E-state index is 5.81. The summed E-state index contributed by atoms with van der Waals surface area (Å²) < 4.78 is 8.03. The van der Waals surface area contributed by atoms with E-state index >= 15 is 0 Å². The van der Waals surface area contributed by atoms with E-state index in [4.69, 9.17) is 10.2 Å². The lowest BCUT2D eigenvalue weighted by Gasteiger charge is -2.04. The number of fused-ring (bicyclic) bond motifs is 2. The zero-order chi connectivity index (χ0) is 14.4. The standard InChI is InChI=1S/C17H15N3O/c1-11-8-12-4-2-3-5-15(12)20(11)10-17-19-14-7-6-13(18)9-16(14)21-17/h2-9H,10,18H2,1H3. The lowest BCUT2D eigenvalue weighted by Crippen LogP contribution is -2.01. The van der Waals surface area contributed by atoms with E-state index in [1.807, 2.05) is 30.3 Å². The van der Waals surface area contributed by atoms with Crippen molar-refractivity contribution in [1.29, 1.82) is 0 Å². The van der Waals surface area contributed by atoms with Crippen LogP contribution >= 0.6 is 0 Å².